The average molecular weight is 312 g/mol. The molecule has 0 aromatic carbocycles. The third-order valence-corrected chi connectivity index (χ3v) is 4.84. The molecule has 0 aromatic heterocycles. The van der Waals surface area contributed by atoms with Crippen LogP contribution in [0.3, 0.4) is 0 Å². The van der Waals surface area contributed by atoms with Crippen LogP contribution < -0.4 is 5.32 Å². The van der Waals surface area contributed by atoms with Gasteiger partial charge >= 0.3 is 5.97 Å². The summed E-state index contributed by atoms with van der Waals surface area (Å²) in [6.45, 7) is 3.17. The van der Waals surface area contributed by atoms with Gasteiger partial charge in [-0.2, -0.15) is 0 Å². The van der Waals surface area contributed by atoms with Crippen molar-refractivity contribution in [3.8, 4) is 0 Å². The first-order valence-corrected chi connectivity index (χ1v) is 7.73. The molecule has 2 amide bonds. The Kier molecular flexibility index (Phi) is 4.26. The Morgan fingerprint density at radius 1 is 1.52 bits per heavy atom. The molecular weight excluding hydrogens is 296 g/mol. The molecule has 2 aliphatic rings. The van der Waals surface area contributed by atoms with E-state index in [0.717, 1.165) is 0 Å². The molecule has 0 radical (unpaired) electrons. The van der Waals surface area contributed by atoms with Crippen molar-refractivity contribution < 1.29 is 23.7 Å². The van der Waals surface area contributed by atoms with Gasteiger partial charge in [-0.25, -0.2) is 9.00 Å². The normalized spacial score (nSPS) is 25.8. The van der Waals surface area contributed by atoms with E-state index in [2.05, 4.69) is 5.32 Å². The Hall–Kier alpha value is -1.96. The van der Waals surface area contributed by atoms with E-state index in [1.807, 2.05) is 6.92 Å². The number of hydrogen-bond acceptors (Lipinski definition) is 4. The molecule has 0 aliphatic carbocycles. The number of hydrogen-bond donors (Lipinski definition) is 2. The highest BCUT2D eigenvalue weighted by molar-refractivity contribution is 7.91. The van der Waals surface area contributed by atoms with Crippen LogP contribution in [0.1, 0.15) is 26.7 Å². The summed E-state index contributed by atoms with van der Waals surface area (Å²) >= 11 is 0. The lowest BCUT2D eigenvalue weighted by Gasteiger charge is -2.42. The average Bonchev–Trinajstić information content (AvgIpc) is 2.74. The number of carboxylic acid groups (broad SMARTS) is 1. The van der Waals surface area contributed by atoms with Crippen molar-refractivity contribution in [1.29, 1.82) is 0 Å². The zero-order chi connectivity index (χ0) is 15.7. The Bertz CT molecular complexity index is 595. The van der Waals surface area contributed by atoms with Crippen molar-refractivity contribution in [3.63, 3.8) is 0 Å². The van der Waals surface area contributed by atoms with Crippen molar-refractivity contribution in [3.05, 3.63) is 22.2 Å². The quantitative estimate of drug-likeness (QED) is 0.710. The van der Waals surface area contributed by atoms with Crippen LogP contribution in [0, 0.1) is 5.92 Å². The third-order valence-electron chi connectivity index (χ3n) is 3.61. The van der Waals surface area contributed by atoms with E-state index in [0.29, 0.717) is 12.8 Å². The second kappa shape index (κ2) is 5.80. The number of carbonyl (C=O) groups is 3. The maximum Gasteiger partial charge on any atom is 0.353 e. The maximum absolute atomic E-state index is 12.2. The predicted octanol–water partition coefficient (Wildman–Crippen LogP) is 0.279. The summed E-state index contributed by atoms with van der Waals surface area (Å²) in [7, 11) is -1.69. The molecule has 2 unspecified atom stereocenters. The minimum Gasteiger partial charge on any atom is -0.477 e. The van der Waals surface area contributed by atoms with Crippen LogP contribution in [0.15, 0.2) is 22.2 Å². The lowest BCUT2D eigenvalue weighted by molar-refractivity contribution is -0.155. The van der Waals surface area contributed by atoms with Crippen LogP contribution in [0.25, 0.3) is 0 Å². The molecule has 1 saturated heterocycles. The van der Waals surface area contributed by atoms with Gasteiger partial charge in [0.05, 0.1) is 27.7 Å². The van der Waals surface area contributed by atoms with Gasteiger partial charge in [-0.3, -0.25) is 9.59 Å². The van der Waals surface area contributed by atoms with Crippen LogP contribution in [0.5, 0.6) is 0 Å². The molecular formula is C13H16N2O5S. The number of nitrogens with one attached hydrogen (secondary N) is 1. The second-order valence-electron chi connectivity index (χ2n) is 4.87. The highest BCUT2D eigenvalue weighted by atomic mass is 32.2. The third kappa shape index (κ3) is 2.63. The lowest BCUT2D eigenvalue weighted by Crippen LogP contribution is -2.58. The zero-order valence-corrected chi connectivity index (χ0v) is 12.5. The van der Waals surface area contributed by atoms with Crippen LogP contribution in [0.4, 0.5) is 0 Å². The number of carbonyl (C=O) groups excluding carboxylic acids is 2. The Balaban J connectivity index is 2.24. The molecule has 1 fully saturated rings. The fourth-order valence-corrected chi connectivity index (χ4v) is 3.74. The number of aliphatic carboxylic acids is 1. The summed E-state index contributed by atoms with van der Waals surface area (Å²) in [5.41, 5.74) is -0.180. The first-order chi connectivity index (χ1) is 9.88. The summed E-state index contributed by atoms with van der Waals surface area (Å²) in [6, 6.07) is -0.207. The van der Waals surface area contributed by atoms with Crippen LogP contribution in [-0.4, -0.2) is 38.0 Å². The standard InChI is InChI=1S/C13H16N2O5S/c1-3-8-9-6-10(21(20)5-4-14-7(2)16)11(13(18)19)15(9)12(8)17/h4-5,8-9H,3,6H2,1-2H3,(H,14,16)(H,18,19)/b5-4+/t8-,9?,21?/m1/s1. The molecule has 2 heterocycles. The summed E-state index contributed by atoms with van der Waals surface area (Å²) in [5, 5.41) is 12.8. The summed E-state index contributed by atoms with van der Waals surface area (Å²) in [5.74, 6) is -1.99. The lowest BCUT2D eigenvalue weighted by atomic mass is 9.85. The van der Waals surface area contributed by atoms with Crippen molar-refractivity contribution in [2.45, 2.75) is 32.7 Å². The first-order valence-electron chi connectivity index (χ1n) is 6.52. The topological polar surface area (TPSA) is 104 Å². The molecule has 0 aromatic rings. The molecule has 2 N–H and O–H groups in total. The molecule has 114 valence electrons. The fourth-order valence-electron chi connectivity index (χ4n) is 2.68. The van der Waals surface area contributed by atoms with Gasteiger partial charge in [-0.05, 0) is 6.42 Å². The summed E-state index contributed by atoms with van der Waals surface area (Å²) < 4.78 is 12.2. The Labute approximate surface area is 124 Å². The molecule has 3 atom stereocenters. The van der Waals surface area contributed by atoms with Crippen molar-refractivity contribution in [2.24, 2.45) is 5.92 Å². The number of fused-ring (bicyclic) bond motifs is 1. The fraction of sp³-hybridized carbons (Fsp3) is 0.462. The van der Waals surface area contributed by atoms with E-state index in [-0.39, 0.29) is 34.4 Å². The highest BCUT2D eigenvalue weighted by Crippen LogP contribution is 2.44. The molecule has 0 spiro atoms. The SMILES string of the molecule is CC[C@H]1C(=O)N2C(C(=O)O)=C(S(=O)/C=C/NC(C)=O)CC12. The monoisotopic (exact) mass is 312 g/mol. The van der Waals surface area contributed by atoms with Gasteiger partial charge in [0.25, 0.3) is 0 Å². The van der Waals surface area contributed by atoms with E-state index in [9.17, 15) is 23.7 Å². The number of amides is 2. The number of carboxylic acids is 1. The van der Waals surface area contributed by atoms with Gasteiger partial charge < -0.3 is 15.3 Å². The van der Waals surface area contributed by atoms with Crippen molar-refractivity contribution >= 4 is 28.6 Å². The Morgan fingerprint density at radius 2 is 2.19 bits per heavy atom. The van der Waals surface area contributed by atoms with Gasteiger partial charge in [0.1, 0.15) is 5.70 Å². The summed E-state index contributed by atoms with van der Waals surface area (Å²) in [4.78, 5) is 35.5. The van der Waals surface area contributed by atoms with Crippen molar-refractivity contribution in [1.82, 2.24) is 10.2 Å². The van der Waals surface area contributed by atoms with Crippen LogP contribution in [0.2, 0.25) is 0 Å². The van der Waals surface area contributed by atoms with E-state index in [1.165, 1.54) is 23.4 Å². The smallest absolute Gasteiger partial charge is 0.353 e. The molecule has 0 bridgehead atoms. The highest BCUT2D eigenvalue weighted by Gasteiger charge is 2.54. The minimum absolute atomic E-state index is 0.180. The molecule has 2 rings (SSSR count). The van der Waals surface area contributed by atoms with Crippen LogP contribution >= 0.6 is 0 Å². The van der Waals surface area contributed by atoms with Gasteiger partial charge in [-0.15, -0.1) is 0 Å². The molecule has 21 heavy (non-hydrogen) atoms. The minimum atomic E-state index is -1.69. The largest absolute Gasteiger partial charge is 0.477 e. The van der Waals surface area contributed by atoms with E-state index >= 15 is 0 Å². The molecule has 8 heteroatoms. The maximum atomic E-state index is 12.2. The van der Waals surface area contributed by atoms with Gasteiger partial charge in [0.2, 0.25) is 11.8 Å². The van der Waals surface area contributed by atoms with E-state index < -0.39 is 16.8 Å². The van der Waals surface area contributed by atoms with Gasteiger partial charge in [0.15, 0.2) is 0 Å². The first kappa shape index (κ1) is 15.4. The van der Waals surface area contributed by atoms with Gasteiger partial charge in [-0.1, -0.05) is 6.92 Å². The molecule has 2 aliphatic heterocycles. The van der Waals surface area contributed by atoms with E-state index in [4.69, 9.17) is 0 Å². The predicted molar refractivity (Wildman–Crippen MR) is 74.8 cm³/mol. The van der Waals surface area contributed by atoms with Crippen molar-refractivity contribution in [2.75, 3.05) is 0 Å². The zero-order valence-electron chi connectivity index (χ0n) is 11.7. The number of β-lactam (4-membered cyclic amide) rings is 1. The number of rotatable bonds is 5. The second-order valence-corrected chi connectivity index (χ2v) is 6.23. The number of nitrogens with zero attached hydrogens (tertiary/aromatic N) is 1. The van der Waals surface area contributed by atoms with E-state index in [1.54, 1.807) is 0 Å². The molecule has 7 nitrogen and oxygen atoms in total. The van der Waals surface area contributed by atoms with Gasteiger partial charge in [0, 0.05) is 25.0 Å². The Morgan fingerprint density at radius 3 is 2.71 bits per heavy atom. The molecule has 0 saturated carbocycles. The van der Waals surface area contributed by atoms with Crippen LogP contribution in [-0.2, 0) is 25.2 Å². The summed E-state index contributed by atoms with van der Waals surface area (Å²) in [6.07, 6.45) is 2.15.